The number of halogens is 3. The molecule has 1 unspecified atom stereocenters. The second-order valence-corrected chi connectivity index (χ2v) is 6.19. The summed E-state index contributed by atoms with van der Waals surface area (Å²) >= 11 is 6.58. The maximum atomic E-state index is 13.1. The first kappa shape index (κ1) is 14.7. The van der Waals surface area contributed by atoms with Crippen LogP contribution in [0.1, 0.15) is 22.8 Å². The van der Waals surface area contributed by atoms with E-state index in [1.165, 1.54) is 6.07 Å². The molecule has 1 nitrogen and oxygen atoms in total. The number of hydrogen-bond acceptors (Lipinski definition) is 1. The Morgan fingerprint density at radius 3 is 2.47 bits per heavy atom. The first-order valence-corrected chi connectivity index (χ1v) is 7.44. The fraction of sp³-hybridized carbons (Fsp3) is 0.200. The Labute approximate surface area is 128 Å². The standard InChI is InChI=1S/C15H13Br2FO/c1-9-6-11(3-4-12(9)16)15(19)8-10-2-5-14(18)13(17)7-10/h2-7,15,19H,8H2,1H3. The smallest absolute Gasteiger partial charge is 0.137 e. The molecule has 0 fully saturated rings. The zero-order valence-electron chi connectivity index (χ0n) is 10.3. The van der Waals surface area contributed by atoms with Crippen molar-refractivity contribution < 1.29 is 9.50 Å². The third kappa shape index (κ3) is 3.65. The van der Waals surface area contributed by atoms with Crippen LogP contribution in [0, 0.1) is 12.7 Å². The van der Waals surface area contributed by atoms with E-state index in [9.17, 15) is 9.50 Å². The zero-order chi connectivity index (χ0) is 14.0. The molecule has 0 heterocycles. The van der Waals surface area contributed by atoms with Crippen LogP contribution >= 0.6 is 31.9 Å². The van der Waals surface area contributed by atoms with Crippen molar-refractivity contribution in [1.29, 1.82) is 0 Å². The van der Waals surface area contributed by atoms with Gasteiger partial charge in [0.25, 0.3) is 0 Å². The summed E-state index contributed by atoms with van der Waals surface area (Å²) in [6.45, 7) is 1.98. The summed E-state index contributed by atoms with van der Waals surface area (Å²) in [6.07, 6.45) is -0.135. The first-order chi connectivity index (χ1) is 8.97. The molecular weight excluding hydrogens is 375 g/mol. The van der Waals surface area contributed by atoms with Crippen molar-refractivity contribution in [3.8, 4) is 0 Å². The van der Waals surface area contributed by atoms with Crippen LogP contribution in [0.25, 0.3) is 0 Å². The summed E-state index contributed by atoms with van der Waals surface area (Å²) in [7, 11) is 0. The minimum atomic E-state index is -0.593. The fourth-order valence-electron chi connectivity index (χ4n) is 1.88. The molecule has 0 aromatic heterocycles. The second kappa shape index (κ2) is 6.16. The van der Waals surface area contributed by atoms with E-state index in [1.54, 1.807) is 12.1 Å². The molecular formula is C15H13Br2FO. The molecule has 19 heavy (non-hydrogen) atoms. The van der Waals surface area contributed by atoms with Gasteiger partial charge in [0.05, 0.1) is 10.6 Å². The molecule has 2 aromatic carbocycles. The van der Waals surface area contributed by atoms with Crippen molar-refractivity contribution in [3.63, 3.8) is 0 Å². The molecule has 0 saturated heterocycles. The predicted octanol–water partition coefficient (Wildman–Crippen LogP) is 4.94. The highest BCUT2D eigenvalue weighted by molar-refractivity contribution is 9.10. The molecule has 1 atom stereocenters. The van der Waals surface area contributed by atoms with Gasteiger partial charge in [0.15, 0.2) is 0 Å². The van der Waals surface area contributed by atoms with Crippen LogP contribution in [-0.2, 0) is 6.42 Å². The highest BCUT2D eigenvalue weighted by Gasteiger charge is 2.11. The molecule has 4 heteroatoms. The third-order valence-corrected chi connectivity index (χ3v) is 4.48. The van der Waals surface area contributed by atoms with Gasteiger partial charge in [0.1, 0.15) is 5.82 Å². The van der Waals surface area contributed by atoms with Crippen LogP contribution < -0.4 is 0 Å². The van der Waals surface area contributed by atoms with Gasteiger partial charge in [-0.25, -0.2) is 4.39 Å². The highest BCUT2D eigenvalue weighted by atomic mass is 79.9. The van der Waals surface area contributed by atoms with E-state index in [0.717, 1.165) is 21.2 Å². The Hall–Kier alpha value is -0.710. The van der Waals surface area contributed by atoms with Gasteiger partial charge in [-0.2, -0.15) is 0 Å². The first-order valence-electron chi connectivity index (χ1n) is 5.85. The monoisotopic (exact) mass is 386 g/mol. The second-order valence-electron chi connectivity index (χ2n) is 4.48. The molecule has 0 radical (unpaired) electrons. The summed E-state index contributed by atoms with van der Waals surface area (Å²) < 4.78 is 14.6. The van der Waals surface area contributed by atoms with Gasteiger partial charge in [0.2, 0.25) is 0 Å². The largest absolute Gasteiger partial charge is 0.388 e. The van der Waals surface area contributed by atoms with Gasteiger partial charge in [0, 0.05) is 10.9 Å². The molecule has 1 N–H and O–H groups in total. The van der Waals surface area contributed by atoms with E-state index in [4.69, 9.17) is 0 Å². The lowest BCUT2D eigenvalue weighted by atomic mass is 10.00. The third-order valence-electron chi connectivity index (χ3n) is 2.98. The van der Waals surface area contributed by atoms with Crippen LogP contribution in [0.5, 0.6) is 0 Å². The van der Waals surface area contributed by atoms with Crippen LogP contribution in [0.2, 0.25) is 0 Å². The summed E-state index contributed by atoms with van der Waals surface area (Å²) in [5.74, 6) is -0.294. The fourth-order valence-corrected chi connectivity index (χ4v) is 2.56. The number of aliphatic hydroxyl groups is 1. The normalized spacial score (nSPS) is 12.5. The Balaban J connectivity index is 2.17. The van der Waals surface area contributed by atoms with Crippen LogP contribution in [0.15, 0.2) is 45.3 Å². The maximum absolute atomic E-state index is 13.1. The van der Waals surface area contributed by atoms with Crippen molar-refractivity contribution in [2.75, 3.05) is 0 Å². The molecule has 0 aliphatic rings. The predicted molar refractivity (Wildman–Crippen MR) is 81.6 cm³/mol. The van der Waals surface area contributed by atoms with Gasteiger partial charge in [-0.05, 0) is 57.7 Å². The lowest BCUT2D eigenvalue weighted by Crippen LogP contribution is -2.02. The molecule has 0 amide bonds. The molecule has 2 aromatic rings. The van der Waals surface area contributed by atoms with Crippen molar-refractivity contribution in [2.45, 2.75) is 19.4 Å². The number of aryl methyl sites for hydroxylation is 1. The minimum absolute atomic E-state index is 0.294. The maximum Gasteiger partial charge on any atom is 0.137 e. The summed E-state index contributed by atoms with van der Waals surface area (Å²) in [6, 6.07) is 10.6. The van der Waals surface area contributed by atoms with E-state index in [2.05, 4.69) is 31.9 Å². The van der Waals surface area contributed by atoms with E-state index in [-0.39, 0.29) is 5.82 Å². The quantitative estimate of drug-likeness (QED) is 0.791. The highest BCUT2D eigenvalue weighted by Crippen LogP contribution is 2.25. The van der Waals surface area contributed by atoms with Crippen molar-refractivity contribution >= 4 is 31.9 Å². The molecule has 0 bridgehead atoms. The van der Waals surface area contributed by atoms with Gasteiger partial charge < -0.3 is 5.11 Å². The lowest BCUT2D eigenvalue weighted by molar-refractivity contribution is 0.178. The Kier molecular flexibility index (Phi) is 4.76. The zero-order valence-corrected chi connectivity index (χ0v) is 13.5. The summed E-state index contributed by atoms with van der Waals surface area (Å²) in [5, 5.41) is 10.2. The average Bonchev–Trinajstić information content (AvgIpc) is 2.37. The lowest BCUT2D eigenvalue weighted by Gasteiger charge is -2.13. The molecule has 2 rings (SSSR count). The van der Waals surface area contributed by atoms with Gasteiger partial charge in [-0.15, -0.1) is 0 Å². The van der Waals surface area contributed by atoms with Crippen LogP contribution in [-0.4, -0.2) is 5.11 Å². The Morgan fingerprint density at radius 1 is 1.11 bits per heavy atom. The van der Waals surface area contributed by atoms with Crippen molar-refractivity contribution in [1.82, 2.24) is 0 Å². The summed E-state index contributed by atoms with van der Waals surface area (Å²) in [5.41, 5.74) is 2.83. The van der Waals surface area contributed by atoms with Crippen LogP contribution in [0.3, 0.4) is 0 Å². The number of benzene rings is 2. The van der Waals surface area contributed by atoms with Crippen molar-refractivity contribution in [3.05, 3.63) is 67.9 Å². The van der Waals surface area contributed by atoms with Gasteiger partial charge >= 0.3 is 0 Å². The SMILES string of the molecule is Cc1cc(C(O)Cc2ccc(F)c(Br)c2)ccc1Br. The number of rotatable bonds is 3. The van der Waals surface area contributed by atoms with Gasteiger partial charge in [-0.3, -0.25) is 0 Å². The molecule has 0 aliphatic carbocycles. The van der Waals surface area contributed by atoms with E-state index >= 15 is 0 Å². The Morgan fingerprint density at radius 2 is 1.84 bits per heavy atom. The average molecular weight is 388 g/mol. The molecule has 0 saturated carbocycles. The number of aliphatic hydroxyl groups excluding tert-OH is 1. The van der Waals surface area contributed by atoms with Crippen LogP contribution in [0.4, 0.5) is 4.39 Å². The summed E-state index contributed by atoms with van der Waals surface area (Å²) in [4.78, 5) is 0. The van der Waals surface area contributed by atoms with Gasteiger partial charge in [-0.1, -0.05) is 34.1 Å². The number of hydrogen-bond donors (Lipinski definition) is 1. The van der Waals surface area contributed by atoms with E-state index in [1.807, 2.05) is 25.1 Å². The van der Waals surface area contributed by atoms with E-state index < -0.39 is 6.10 Å². The Bertz CT molecular complexity index is 599. The molecule has 100 valence electrons. The van der Waals surface area contributed by atoms with Crippen molar-refractivity contribution in [2.24, 2.45) is 0 Å². The van der Waals surface area contributed by atoms with E-state index in [0.29, 0.717) is 10.9 Å². The minimum Gasteiger partial charge on any atom is -0.388 e. The topological polar surface area (TPSA) is 20.2 Å². The molecule has 0 spiro atoms. The molecule has 0 aliphatic heterocycles.